The molecule has 1 atom stereocenters. The van der Waals surface area contributed by atoms with Gasteiger partial charge in [-0.2, -0.15) is 13.2 Å². The maximum absolute atomic E-state index is 13.1. The summed E-state index contributed by atoms with van der Waals surface area (Å²) in [7, 11) is 1.79. The average molecular weight is 364 g/mol. The van der Waals surface area contributed by atoms with Gasteiger partial charge in [-0.05, 0) is 44.1 Å². The van der Waals surface area contributed by atoms with Gasteiger partial charge in [0, 0.05) is 17.1 Å². The van der Waals surface area contributed by atoms with Gasteiger partial charge in [0.1, 0.15) is 6.54 Å². The molecule has 0 aromatic heterocycles. The minimum atomic E-state index is -4.46. The summed E-state index contributed by atoms with van der Waals surface area (Å²) >= 11 is 1.20. The van der Waals surface area contributed by atoms with Gasteiger partial charge in [-0.3, -0.25) is 4.79 Å². The Kier molecular flexibility index (Phi) is 6.36. The van der Waals surface area contributed by atoms with E-state index in [1.807, 2.05) is 4.31 Å². The Morgan fingerprint density at radius 2 is 2.17 bits per heavy atom. The number of ether oxygens (including phenoxy) is 2. The lowest BCUT2D eigenvalue weighted by molar-refractivity contribution is -0.141. The first-order chi connectivity index (χ1) is 11.3. The number of anilines is 1. The monoisotopic (exact) mass is 364 g/mol. The molecule has 134 valence electrons. The number of nitrogens with zero attached hydrogens (tertiary/aromatic N) is 1. The Morgan fingerprint density at radius 1 is 1.46 bits per heavy atom. The Hall–Kier alpha value is -1.45. The second-order valence-electron chi connectivity index (χ2n) is 5.26. The molecule has 0 amide bonds. The molecule has 1 saturated heterocycles. The number of benzene rings is 1. The number of hydrogen-bond donors (Lipinski definition) is 1. The third-order valence-corrected chi connectivity index (χ3v) is 4.01. The van der Waals surface area contributed by atoms with Gasteiger partial charge in [-0.1, -0.05) is 0 Å². The minimum Gasteiger partial charge on any atom is -0.465 e. The highest BCUT2D eigenvalue weighted by atomic mass is 32.2. The summed E-state index contributed by atoms with van der Waals surface area (Å²) in [5.41, 5.74) is -0.550. The van der Waals surface area contributed by atoms with Crippen LogP contribution < -0.4 is 5.32 Å². The van der Waals surface area contributed by atoms with Crippen molar-refractivity contribution in [1.82, 2.24) is 4.31 Å². The Labute approximate surface area is 142 Å². The number of halogens is 3. The fourth-order valence-electron chi connectivity index (χ4n) is 1.98. The molecular weight excluding hydrogens is 345 g/mol. The lowest BCUT2D eigenvalue weighted by Crippen LogP contribution is -2.18. The number of alkyl halides is 3. The van der Waals surface area contributed by atoms with Crippen LogP contribution in [0.2, 0.25) is 0 Å². The van der Waals surface area contributed by atoms with Crippen LogP contribution >= 0.6 is 11.9 Å². The van der Waals surface area contributed by atoms with Crippen LogP contribution in [-0.2, 0) is 20.4 Å². The van der Waals surface area contributed by atoms with Gasteiger partial charge < -0.3 is 14.8 Å². The van der Waals surface area contributed by atoms with Crippen LogP contribution in [0.3, 0.4) is 0 Å². The first kappa shape index (κ1) is 18.9. The van der Waals surface area contributed by atoms with Gasteiger partial charge in [0.2, 0.25) is 0 Å². The van der Waals surface area contributed by atoms with Crippen molar-refractivity contribution in [1.29, 1.82) is 0 Å². The van der Waals surface area contributed by atoms with Gasteiger partial charge in [-0.15, -0.1) is 0 Å². The van der Waals surface area contributed by atoms with Gasteiger partial charge >= 0.3 is 12.1 Å². The quantitative estimate of drug-likeness (QED) is 0.435. The average Bonchev–Trinajstić information content (AvgIpc) is 3.28. The van der Waals surface area contributed by atoms with E-state index < -0.39 is 17.7 Å². The smallest absolute Gasteiger partial charge is 0.416 e. The molecule has 1 aliphatic rings. The number of esters is 1. The Balaban J connectivity index is 2.09. The van der Waals surface area contributed by atoms with E-state index in [0.717, 1.165) is 12.1 Å². The van der Waals surface area contributed by atoms with Gasteiger partial charge in [0.25, 0.3) is 0 Å². The Bertz CT molecular complexity index is 580. The fourth-order valence-corrected chi connectivity index (χ4v) is 2.94. The van der Waals surface area contributed by atoms with Crippen molar-refractivity contribution in [2.75, 3.05) is 38.7 Å². The van der Waals surface area contributed by atoms with E-state index in [-0.39, 0.29) is 24.9 Å². The van der Waals surface area contributed by atoms with Crippen LogP contribution in [0.15, 0.2) is 23.1 Å². The van der Waals surface area contributed by atoms with Crippen LogP contribution in [0.1, 0.15) is 12.5 Å². The highest BCUT2D eigenvalue weighted by Gasteiger charge is 2.31. The van der Waals surface area contributed by atoms with Crippen LogP contribution in [0.5, 0.6) is 0 Å². The summed E-state index contributed by atoms with van der Waals surface area (Å²) in [5, 5.41) is 2.68. The molecule has 1 aromatic carbocycles. The third-order valence-electron chi connectivity index (χ3n) is 3.10. The van der Waals surface area contributed by atoms with Crippen LogP contribution in [-0.4, -0.2) is 49.7 Å². The van der Waals surface area contributed by atoms with Crippen molar-refractivity contribution < 1.29 is 27.4 Å². The van der Waals surface area contributed by atoms with E-state index in [0.29, 0.717) is 18.0 Å². The number of nitrogens with one attached hydrogen (secondary N) is 1. The standard InChI is InChI=1S/C15H19F3N2O3S/c1-3-22-14(21)7-19-11-4-10(15(16,17)18)5-13(6-11)24-20(2)8-12-9-23-12/h4-6,12,19H,3,7-9H2,1-2H3/t12-/m0/s1. The number of carbonyl (C=O) groups is 1. The molecule has 0 spiro atoms. The van der Waals surface area contributed by atoms with Gasteiger partial charge in [0.15, 0.2) is 0 Å². The van der Waals surface area contributed by atoms with Gasteiger partial charge in [0.05, 0.1) is 24.9 Å². The lowest BCUT2D eigenvalue weighted by atomic mass is 10.2. The van der Waals surface area contributed by atoms with E-state index in [2.05, 4.69) is 5.32 Å². The van der Waals surface area contributed by atoms with Gasteiger partial charge in [-0.25, -0.2) is 4.31 Å². The summed E-state index contributed by atoms with van der Waals surface area (Å²) in [4.78, 5) is 11.8. The predicted molar refractivity (Wildman–Crippen MR) is 84.8 cm³/mol. The van der Waals surface area contributed by atoms with Crippen LogP contribution in [0.25, 0.3) is 0 Å². The summed E-state index contributed by atoms with van der Waals surface area (Å²) in [5.74, 6) is -0.521. The van der Waals surface area contributed by atoms with E-state index in [9.17, 15) is 18.0 Å². The highest BCUT2D eigenvalue weighted by Crippen LogP contribution is 2.35. The first-order valence-corrected chi connectivity index (χ1v) is 8.17. The molecule has 0 bridgehead atoms. The molecule has 0 radical (unpaired) electrons. The zero-order valence-corrected chi connectivity index (χ0v) is 14.2. The fraction of sp³-hybridized carbons (Fsp3) is 0.533. The summed E-state index contributed by atoms with van der Waals surface area (Å²) in [6.45, 7) is 3.01. The predicted octanol–water partition coefficient (Wildman–Crippen LogP) is 3.02. The molecule has 0 aliphatic carbocycles. The summed E-state index contributed by atoms with van der Waals surface area (Å²) in [6, 6.07) is 3.64. The number of epoxide rings is 1. The lowest BCUT2D eigenvalue weighted by Gasteiger charge is -2.17. The van der Waals surface area contributed by atoms with Crippen molar-refractivity contribution in [2.24, 2.45) is 0 Å². The van der Waals surface area contributed by atoms with Crippen LogP contribution in [0, 0.1) is 0 Å². The van der Waals surface area contributed by atoms with E-state index in [4.69, 9.17) is 9.47 Å². The van der Waals surface area contributed by atoms with E-state index in [1.54, 1.807) is 20.0 Å². The topological polar surface area (TPSA) is 54.1 Å². The number of rotatable bonds is 8. The second-order valence-corrected chi connectivity index (χ2v) is 6.54. The van der Waals surface area contributed by atoms with Crippen LogP contribution in [0.4, 0.5) is 18.9 Å². The summed E-state index contributed by atoms with van der Waals surface area (Å²) < 4.78 is 50.9. The van der Waals surface area contributed by atoms with E-state index >= 15 is 0 Å². The molecule has 1 heterocycles. The minimum absolute atomic E-state index is 0.148. The zero-order chi connectivity index (χ0) is 17.7. The summed E-state index contributed by atoms with van der Waals surface area (Å²) in [6.07, 6.45) is -4.32. The number of carbonyl (C=O) groups excluding carboxylic acids is 1. The molecule has 9 heteroatoms. The second kappa shape index (κ2) is 8.09. The SMILES string of the molecule is CCOC(=O)CNc1cc(SN(C)C[C@H]2CO2)cc(C(F)(F)F)c1. The van der Waals surface area contributed by atoms with Crippen molar-refractivity contribution in [3.05, 3.63) is 23.8 Å². The maximum atomic E-state index is 13.1. The van der Waals surface area contributed by atoms with Crippen molar-refractivity contribution in [3.8, 4) is 0 Å². The molecule has 1 fully saturated rings. The largest absolute Gasteiger partial charge is 0.465 e. The Morgan fingerprint density at radius 3 is 2.75 bits per heavy atom. The molecule has 1 aliphatic heterocycles. The maximum Gasteiger partial charge on any atom is 0.416 e. The highest BCUT2D eigenvalue weighted by molar-refractivity contribution is 7.97. The molecule has 0 unspecified atom stereocenters. The molecular formula is C15H19F3N2O3S. The van der Waals surface area contributed by atoms with E-state index in [1.165, 1.54) is 11.9 Å². The van der Waals surface area contributed by atoms with Crippen molar-refractivity contribution in [2.45, 2.75) is 24.1 Å². The van der Waals surface area contributed by atoms with Crippen molar-refractivity contribution >= 4 is 23.6 Å². The third kappa shape index (κ3) is 6.21. The zero-order valence-electron chi connectivity index (χ0n) is 13.4. The molecule has 24 heavy (non-hydrogen) atoms. The first-order valence-electron chi connectivity index (χ1n) is 7.40. The van der Waals surface area contributed by atoms with Crippen molar-refractivity contribution in [3.63, 3.8) is 0 Å². The molecule has 1 aromatic rings. The molecule has 2 rings (SSSR count). The number of likely N-dealkylation sites (N-methyl/N-ethyl adjacent to an activating group) is 1. The molecule has 5 nitrogen and oxygen atoms in total. The normalized spacial score (nSPS) is 17.0. The number of hydrogen-bond acceptors (Lipinski definition) is 6. The molecule has 0 saturated carbocycles. The molecule has 1 N–H and O–H groups in total.